The minimum absolute atomic E-state index is 0. The molecular weight excluding hydrogens is 211 g/mol. The van der Waals surface area contributed by atoms with E-state index >= 15 is 0 Å². The minimum Gasteiger partial charge on any atom is -0.772 e. The Hall–Kier alpha value is 0.290. The van der Waals surface area contributed by atoms with Crippen molar-refractivity contribution in [2.24, 2.45) is 0 Å². The van der Waals surface area contributed by atoms with Gasteiger partial charge in [-0.2, -0.15) is 0 Å². The van der Waals surface area contributed by atoms with Gasteiger partial charge in [-0.05, 0) is 5.56 Å². The van der Waals surface area contributed by atoms with Crippen molar-refractivity contribution < 1.29 is 43.1 Å². The quantitative estimate of drug-likeness (QED) is 0.332. The Morgan fingerprint density at radius 2 is 1.93 bits per heavy atom. The summed E-state index contributed by atoms with van der Waals surface area (Å²) in [4.78, 5) is 0. The molecule has 0 aliphatic carbocycles. The summed E-state index contributed by atoms with van der Waals surface area (Å²) in [6, 6.07) is 9.65. The first-order chi connectivity index (χ1) is 6.29. The molecule has 0 aliphatic heterocycles. The van der Waals surface area contributed by atoms with Crippen LogP contribution in [0.2, 0.25) is 0 Å². The average molecular weight is 222 g/mol. The van der Waals surface area contributed by atoms with Crippen molar-refractivity contribution in [2.75, 3.05) is 12.4 Å². The number of ether oxygens (including phenoxy) is 1. The molecule has 3 nitrogen and oxygen atoms in total. The molecule has 0 fully saturated rings. The Labute approximate surface area is 108 Å². The van der Waals surface area contributed by atoms with Crippen molar-refractivity contribution in [1.82, 2.24) is 0 Å². The minimum atomic E-state index is -2.00. The standard InChI is InChI=1S/C9H12O3S.Na/c10-13(11)7-6-12-8-9-4-2-1-3-5-9;/h1-5H,6-8H2,(H,10,11);/q;+1/p-1. The van der Waals surface area contributed by atoms with Crippen LogP contribution in [0.4, 0.5) is 0 Å². The molecule has 0 N–H and O–H groups in total. The zero-order valence-electron chi connectivity index (χ0n) is 8.14. The number of rotatable bonds is 5. The fourth-order valence-corrected chi connectivity index (χ4v) is 1.15. The second kappa shape index (κ2) is 8.59. The molecule has 0 spiro atoms. The van der Waals surface area contributed by atoms with Gasteiger partial charge in [-0.15, -0.1) is 0 Å². The summed E-state index contributed by atoms with van der Waals surface area (Å²) >= 11 is -2.00. The van der Waals surface area contributed by atoms with Gasteiger partial charge < -0.3 is 9.29 Å². The summed E-state index contributed by atoms with van der Waals surface area (Å²) in [5, 5.41) is 0. The van der Waals surface area contributed by atoms with Crippen LogP contribution < -0.4 is 29.6 Å². The van der Waals surface area contributed by atoms with Gasteiger partial charge in [0.15, 0.2) is 0 Å². The Kier molecular flexibility index (Phi) is 8.76. The van der Waals surface area contributed by atoms with Gasteiger partial charge in [-0.1, -0.05) is 41.4 Å². The smallest absolute Gasteiger partial charge is 0.772 e. The molecule has 0 amide bonds. The second-order valence-corrected chi connectivity index (χ2v) is 3.56. The zero-order chi connectivity index (χ0) is 9.52. The molecular formula is C9H11NaO3S. The van der Waals surface area contributed by atoms with Crippen LogP contribution in [0, 0.1) is 0 Å². The Morgan fingerprint density at radius 1 is 1.29 bits per heavy atom. The van der Waals surface area contributed by atoms with E-state index in [1.807, 2.05) is 30.3 Å². The Bertz CT molecular complexity index is 266. The van der Waals surface area contributed by atoms with Crippen molar-refractivity contribution >= 4 is 11.1 Å². The van der Waals surface area contributed by atoms with Crippen LogP contribution in [-0.4, -0.2) is 21.1 Å². The first kappa shape index (κ1) is 14.3. The van der Waals surface area contributed by atoms with Crippen molar-refractivity contribution in [3.05, 3.63) is 35.9 Å². The molecule has 14 heavy (non-hydrogen) atoms. The fourth-order valence-electron chi connectivity index (χ4n) is 0.891. The van der Waals surface area contributed by atoms with Crippen LogP contribution >= 0.6 is 0 Å². The third kappa shape index (κ3) is 6.70. The van der Waals surface area contributed by atoms with Crippen LogP contribution in [-0.2, 0) is 22.4 Å². The van der Waals surface area contributed by atoms with E-state index in [1.54, 1.807) is 0 Å². The first-order valence-corrected chi connectivity index (χ1v) is 5.21. The van der Waals surface area contributed by atoms with E-state index in [0.29, 0.717) is 6.61 Å². The third-order valence-electron chi connectivity index (χ3n) is 1.51. The third-order valence-corrected chi connectivity index (χ3v) is 2.01. The fraction of sp³-hybridized carbons (Fsp3) is 0.333. The molecule has 0 aromatic heterocycles. The predicted molar refractivity (Wildman–Crippen MR) is 49.9 cm³/mol. The molecule has 1 unspecified atom stereocenters. The topological polar surface area (TPSA) is 49.4 Å². The van der Waals surface area contributed by atoms with Crippen molar-refractivity contribution in [2.45, 2.75) is 6.61 Å². The first-order valence-electron chi connectivity index (χ1n) is 3.96. The Balaban J connectivity index is 0.00000169. The maximum absolute atomic E-state index is 10.1. The van der Waals surface area contributed by atoms with Crippen molar-refractivity contribution in [3.8, 4) is 0 Å². The number of hydrogen-bond donors (Lipinski definition) is 0. The molecule has 0 bridgehead atoms. The van der Waals surface area contributed by atoms with Gasteiger partial charge in [-0.3, -0.25) is 4.21 Å². The predicted octanol–water partition coefficient (Wildman–Crippen LogP) is -1.91. The molecule has 72 valence electrons. The van der Waals surface area contributed by atoms with Gasteiger partial charge in [-0.25, -0.2) is 0 Å². The van der Waals surface area contributed by atoms with Gasteiger partial charge in [0.2, 0.25) is 0 Å². The summed E-state index contributed by atoms with van der Waals surface area (Å²) < 4.78 is 25.4. The monoisotopic (exact) mass is 222 g/mol. The van der Waals surface area contributed by atoms with E-state index < -0.39 is 11.1 Å². The normalized spacial score (nSPS) is 11.8. The average Bonchev–Trinajstić information content (AvgIpc) is 2.14. The van der Waals surface area contributed by atoms with Crippen molar-refractivity contribution in [1.29, 1.82) is 0 Å². The van der Waals surface area contributed by atoms with Gasteiger partial charge in [0, 0.05) is 5.75 Å². The summed E-state index contributed by atoms with van der Waals surface area (Å²) in [7, 11) is 0. The maximum atomic E-state index is 10.1. The van der Waals surface area contributed by atoms with E-state index in [1.165, 1.54) is 0 Å². The van der Waals surface area contributed by atoms with E-state index in [-0.39, 0.29) is 41.9 Å². The summed E-state index contributed by atoms with van der Waals surface area (Å²) in [6.45, 7) is 0.725. The largest absolute Gasteiger partial charge is 1.00 e. The zero-order valence-corrected chi connectivity index (χ0v) is 11.0. The molecule has 1 aromatic carbocycles. The van der Waals surface area contributed by atoms with Crippen LogP contribution in [0.5, 0.6) is 0 Å². The molecule has 1 atom stereocenters. The van der Waals surface area contributed by atoms with E-state index in [0.717, 1.165) is 5.56 Å². The molecule has 1 aromatic rings. The van der Waals surface area contributed by atoms with Crippen LogP contribution in [0.15, 0.2) is 30.3 Å². The van der Waals surface area contributed by atoms with Gasteiger partial charge >= 0.3 is 29.6 Å². The molecule has 1 rings (SSSR count). The second-order valence-electron chi connectivity index (χ2n) is 2.55. The van der Waals surface area contributed by atoms with E-state index in [4.69, 9.17) is 4.74 Å². The molecule has 5 heteroatoms. The Morgan fingerprint density at radius 3 is 2.50 bits per heavy atom. The van der Waals surface area contributed by atoms with Crippen LogP contribution in [0.3, 0.4) is 0 Å². The van der Waals surface area contributed by atoms with Gasteiger partial charge in [0.25, 0.3) is 0 Å². The molecule has 0 saturated carbocycles. The number of hydrogen-bond acceptors (Lipinski definition) is 3. The summed E-state index contributed by atoms with van der Waals surface area (Å²) in [6.07, 6.45) is 0. The molecule has 0 aliphatic rings. The molecule has 0 saturated heterocycles. The molecule has 0 heterocycles. The molecule has 0 radical (unpaired) electrons. The number of benzene rings is 1. The van der Waals surface area contributed by atoms with Gasteiger partial charge in [0.1, 0.15) is 0 Å². The SMILES string of the molecule is O=S([O-])CCOCc1ccccc1.[Na+]. The van der Waals surface area contributed by atoms with Gasteiger partial charge in [0.05, 0.1) is 13.2 Å². The van der Waals surface area contributed by atoms with Crippen molar-refractivity contribution in [3.63, 3.8) is 0 Å². The van der Waals surface area contributed by atoms with E-state index in [2.05, 4.69) is 0 Å². The van der Waals surface area contributed by atoms with Crippen LogP contribution in [0.1, 0.15) is 5.56 Å². The van der Waals surface area contributed by atoms with E-state index in [9.17, 15) is 8.76 Å². The summed E-state index contributed by atoms with van der Waals surface area (Å²) in [5.41, 5.74) is 1.05. The maximum Gasteiger partial charge on any atom is 1.00 e. The van der Waals surface area contributed by atoms with Crippen LogP contribution in [0.25, 0.3) is 0 Å². The summed E-state index contributed by atoms with van der Waals surface area (Å²) in [5.74, 6) is 0.0623.